The lowest BCUT2D eigenvalue weighted by molar-refractivity contribution is -0.148. The Hall–Kier alpha value is -1.52. The first-order valence-electron chi connectivity index (χ1n) is 9.42. The summed E-state index contributed by atoms with van der Waals surface area (Å²) in [5, 5.41) is 20.2. The van der Waals surface area contributed by atoms with Crippen molar-refractivity contribution < 1.29 is 19.4 Å². The van der Waals surface area contributed by atoms with Crippen LogP contribution < -0.4 is 11.2 Å². The largest absolute Gasteiger partial charge is 0.410 e. The molecule has 0 unspecified atom stereocenters. The Morgan fingerprint density at radius 3 is 2.43 bits per heavy atom. The van der Waals surface area contributed by atoms with Crippen LogP contribution in [0, 0.1) is 5.92 Å². The second kappa shape index (κ2) is 8.07. The van der Waals surface area contributed by atoms with Gasteiger partial charge in [-0.2, -0.15) is 0 Å². The molecule has 2 heterocycles. The van der Waals surface area contributed by atoms with Gasteiger partial charge in [-0.1, -0.05) is 26.8 Å². The van der Waals surface area contributed by atoms with Gasteiger partial charge in [0.15, 0.2) is 8.32 Å². The lowest BCUT2D eigenvalue weighted by atomic mass is 9.88. The van der Waals surface area contributed by atoms with Gasteiger partial charge in [-0.3, -0.25) is 14.3 Å². The number of hydrogen-bond acceptors (Lipinski definition) is 6. The first-order chi connectivity index (χ1) is 12.9. The third-order valence-corrected chi connectivity index (χ3v) is 10.4. The highest BCUT2D eigenvalue weighted by molar-refractivity contribution is 6.74. The molecule has 8 nitrogen and oxygen atoms in total. The third kappa shape index (κ3) is 4.08. The van der Waals surface area contributed by atoms with Crippen LogP contribution in [0.3, 0.4) is 0 Å². The van der Waals surface area contributed by atoms with Crippen molar-refractivity contribution in [3.63, 3.8) is 0 Å². The van der Waals surface area contributed by atoms with Crippen LogP contribution in [0.15, 0.2) is 34.5 Å². The quantitative estimate of drug-likeness (QED) is 0.460. The molecule has 9 heteroatoms. The van der Waals surface area contributed by atoms with Gasteiger partial charge < -0.3 is 19.4 Å². The standard InChI is InChI=1S/C19H32N2O6Si/c1-7-8-13-15(27-28(5,6)18(2,3)4)19(11-22,12-23)26-16(13)21-10-9-14(24)20-17(21)25/h7,9-10,13,15-16,22-23H,1,8,11-12H2,2-6H3,(H,20,24,25)/t13-,15+,16-/m1/s1. The predicted octanol–water partition coefficient (Wildman–Crippen LogP) is 1.37. The van der Waals surface area contributed by atoms with Crippen LogP contribution in [-0.2, 0) is 9.16 Å². The van der Waals surface area contributed by atoms with Crippen molar-refractivity contribution in [1.29, 1.82) is 0 Å². The van der Waals surface area contributed by atoms with Gasteiger partial charge in [-0.25, -0.2) is 4.79 Å². The van der Waals surface area contributed by atoms with Crippen LogP contribution in [0.25, 0.3) is 0 Å². The van der Waals surface area contributed by atoms with E-state index >= 15 is 0 Å². The molecule has 158 valence electrons. The normalized spacial score (nSPS) is 25.0. The molecule has 0 radical (unpaired) electrons. The second-order valence-corrected chi connectivity index (χ2v) is 13.7. The topological polar surface area (TPSA) is 114 Å². The Bertz CT molecular complexity index is 806. The fourth-order valence-corrected chi connectivity index (χ4v) is 4.63. The van der Waals surface area contributed by atoms with E-state index < -0.39 is 50.7 Å². The lowest BCUT2D eigenvalue weighted by Crippen LogP contribution is -2.55. The van der Waals surface area contributed by atoms with Crippen LogP contribution in [0.5, 0.6) is 0 Å². The van der Waals surface area contributed by atoms with E-state index in [0.29, 0.717) is 6.42 Å². The van der Waals surface area contributed by atoms with Crippen molar-refractivity contribution >= 4 is 8.32 Å². The van der Waals surface area contributed by atoms with Gasteiger partial charge in [0.25, 0.3) is 5.56 Å². The molecule has 1 aromatic heterocycles. The van der Waals surface area contributed by atoms with Crippen molar-refractivity contribution in [2.75, 3.05) is 13.2 Å². The summed E-state index contributed by atoms with van der Waals surface area (Å²) < 4.78 is 13.9. The van der Waals surface area contributed by atoms with E-state index in [4.69, 9.17) is 9.16 Å². The molecule has 0 amide bonds. The molecule has 0 aliphatic carbocycles. The molecule has 1 saturated heterocycles. The molecule has 0 aromatic carbocycles. The lowest BCUT2D eigenvalue weighted by Gasteiger charge is -2.43. The third-order valence-electron chi connectivity index (χ3n) is 5.96. The molecule has 1 aliphatic heterocycles. The van der Waals surface area contributed by atoms with Crippen LogP contribution in [0.1, 0.15) is 33.4 Å². The molecule has 2 rings (SSSR count). The maximum atomic E-state index is 12.4. The van der Waals surface area contributed by atoms with E-state index in [-0.39, 0.29) is 11.0 Å². The minimum atomic E-state index is -2.30. The van der Waals surface area contributed by atoms with Gasteiger partial charge in [-0.15, -0.1) is 6.58 Å². The molecule has 0 spiro atoms. The highest BCUT2D eigenvalue weighted by Gasteiger charge is 2.58. The molecule has 3 atom stereocenters. The summed E-state index contributed by atoms with van der Waals surface area (Å²) in [6, 6.07) is 1.23. The van der Waals surface area contributed by atoms with Gasteiger partial charge in [0, 0.05) is 18.2 Å². The van der Waals surface area contributed by atoms with Crippen LogP contribution in [0.2, 0.25) is 18.1 Å². The Labute approximate surface area is 166 Å². The molecule has 3 N–H and O–H groups in total. The number of nitrogens with zero attached hydrogens (tertiary/aromatic N) is 1. The molecule has 0 saturated carbocycles. The van der Waals surface area contributed by atoms with Gasteiger partial charge in [-0.05, 0) is 24.6 Å². The monoisotopic (exact) mass is 412 g/mol. The minimum absolute atomic E-state index is 0.102. The van der Waals surface area contributed by atoms with E-state index in [0.717, 1.165) is 0 Å². The SMILES string of the molecule is C=CC[C@H]1[C@H](n2ccc(=O)[nH]c2=O)OC(CO)(CO)[C@H]1O[Si](C)(C)C(C)(C)C. The molecule has 0 bridgehead atoms. The number of rotatable bonds is 7. The van der Waals surface area contributed by atoms with E-state index in [1.807, 2.05) is 0 Å². The van der Waals surface area contributed by atoms with Crippen LogP contribution in [0.4, 0.5) is 0 Å². The fraction of sp³-hybridized carbons (Fsp3) is 0.684. The molecular weight excluding hydrogens is 380 g/mol. The summed E-state index contributed by atoms with van der Waals surface area (Å²) in [5.41, 5.74) is -2.50. The summed E-state index contributed by atoms with van der Waals surface area (Å²) in [5.74, 6) is -0.380. The van der Waals surface area contributed by atoms with Crippen molar-refractivity contribution in [2.45, 2.75) is 63.3 Å². The number of hydrogen-bond donors (Lipinski definition) is 3. The molecule has 28 heavy (non-hydrogen) atoms. The van der Waals surface area contributed by atoms with E-state index in [1.54, 1.807) is 6.08 Å². The molecular formula is C19H32N2O6Si. The first kappa shape index (κ1) is 22.8. The van der Waals surface area contributed by atoms with Crippen molar-refractivity contribution in [3.05, 3.63) is 45.8 Å². The average molecular weight is 413 g/mol. The smallest absolute Gasteiger partial charge is 0.330 e. The maximum absolute atomic E-state index is 12.4. The van der Waals surface area contributed by atoms with Gasteiger partial charge in [0.1, 0.15) is 11.8 Å². The Morgan fingerprint density at radius 1 is 1.36 bits per heavy atom. The number of aromatic nitrogens is 2. The van der Waals surface area contributed by atoms with Crippen molar-refractivity contribution in [3.8, 4) is 0 Å². The summed E-state index contributed by atoms with van der Waals surface area (Å²) in [7, 11) is -2.30. The average Bonchev–Trinajstić information content (AvgIpc) is 2.88. The van der Waals surface area contributed by atoms with Crippen molar-refractivity contribution in [2.24, 2.45) is 5.92 Å². The van der Waals surface area contributed by atoms with Gasteiger partial charge in [0.2, 0.25) is 0 Å². The maximum Gasteiger partial charge on any atom is 0.330 e. The van der Waals surface area contributed by atoms with E-state index in [1.165, 1.54) is 16.8 Å². The number of aromatic amines is 1. The number of aliphatic hydroxyl groups is 2. The Morgan fingerprint density at radius 2 is 1.96 bits per heavy atom. The summed E-state index contributed by atoms with van der Waals surface area (Å²) in [6.45, 7) is 13.3. The van der Waals surface area contributed by atoms with E-state index in [2.05, 4.69) is 45.4 Å². The Balaban J connectivity index is 2.57. The van der Waals surface area contributed by atoms with Crippen LogP contribution >= 0.6 is 0 Å². The molecule has 1 fully saturated rings. The Kier molecular flexibility index (Phi) is 6.56. The van der Waals surface area contributed by atoms with Crippen molar-refractivity contribution in [1.82, 2.24) is 9.55 Å². The predicted molar refractivity (Wildman–Crippen MR) is 109 cm³/mol. The number of nitrogens with one attached hydrogen (secondary N) is 1. The number of ether oxygens (including phenoxy) is 1. The minimum Gasteiger partial charge on any atom is -0.410 e. The number of aliphatic hydroxyl groups excluding tert-OH is 2. The zero-order chi connectivity index (χ0) is 21.3. The zero-order valence-corrected chi connectivity index (χ0v) is 18.3. The zero-order valence-electron chi connectivity index (χ0n) is 17.3. The summed E-state index contributed by atoms with van der Waals surface area (Å²) >= 11 is 0. The highest BCUT2D eigenvalue weighted by atomic mass is 28.4. The number of allylic oxidation sites excluding steroid dienone is 1. The summed E-state index contributed by atoms with van der Waals surface area (Å²) in [6.07, 6.45) is 2.03. The van der Waals surface area contributed by atoms with E-state index in [9.17, 15) is 19.8 Å². The highest BCUT2D eigenvalue weighted by Crippen LogP contribution is 2.48. The second-order valence-electron chi connectivity index (χ2n) is 8.89. The number of H-pyrrole nitrogens is 1. The fourth-order valence-electron chi connectivity index (χ4n) is 3.25. The molecule has 1 aliphatic rings. The van der Waals surface area contributed by atoms with Gasteiger partial charge in [0.05, 0.1) is 19.3 Å². The first-order valence-corrected chi connectivity index (χ1v) is 12.3. The van der Waals surface area contributed by atoms with Gasteiger partial charge >= 0.3 is 5.69 Å². The molecule has 1 aromatic rings. The summed E-state index contributed by atoms with van der Waals surface area (Å²) in [4.78, 5) is 26.0. The van der Waals surface area contributed by atoms with Crippen LogP contribution in [-0.4, -0.2) is 53.0 Å².